The van der Waals surface area contributed by atoms with Crippen LogP contribution in [-0.2, 0) is 16.0 Å². The molecule has 0 saturated carbocycles. The molecule has 0 amide bonds. The standard InChI is InChI=1S/C10H8BF4O2S/c1-3-8-4-10(11(12,13)14)5-9(7(8)2)6-18(15,16)17/h1,4-5H,6H2,2H3/q-1. The van der Waals surface area contributed by atoms with Crippen molar-refractivity contribution in [3.05, 3.63) is 28.8 Å². The van der Waals surface area contributed by atoms with Crippen molar-refractivity contribution in [1.82, 2.24) is 0 Å². The molecule has 0 bridgehead atoms. The van der Waals surface area contributed by atoms with E-state index in [1.165, 1.54) is 6.92 Å². The smallest absolute Gasteiger partial charge is 0.445 e. The van der Waals surface area contributed by atoms with Crippen molar-refractivity contribution in [1.29, 1.82) is 0 Å². The number of halogens is 4. The van der Waals surface area contributed by atoms with Gasteiger partial charge in [-0.15, -0.1) is 15.8 Å². The molecule has 0 spiro atoms. The molecule has 1 rings (SSSR count). The molecule has 0 saturated heterocycles. The van der Waals surface area contributed by atoms with E-state index in [-0.39, 0.29) is 16.7 Å². The summed E-state index contributed by atoms with van der Waals surface area (Å²) >= 11 is 0. The molecule has 98 valence electrons. The number of hydrogen-bond donors (Lipinski definition) is 0. The van der Waals surface area contributed by atoms with Gasteiger partial charge in [0.05, 0.1) is 0 Å². The molecule has 0 aromatic heterocycles. The summed E-state index contributed by atoms with van der Waals surface area (Å²) in [6.45, 7) is -3.98. The number of rotatable bonds is 3. The highest BCUT2D eigenvalue weighted by Crippen LogP contribution is 2.19. The molecule has 0 aliphatic carbocycles. The molecule has 0 N–H and O–H groups in total. The van der Waals surface area contributed by atoms with E-state index in [0.29, 0.717) is 6.07 Å². The normalized spacial score (nSPS) is 12.2. The van der Waals surface area contributed by atoms with Gasteiger partial charge in [0.15, 0.2) is 0 Å². The van der Waals surface area contributed by atoms with Crippen LogP contribution in [0.1, 0.15) is 16.7 Å². The van der Waals surface area contributed by atoms with E-state index < -0.39 is 28.4 Å². The summed E-state index contributed by atoms with van der Waals surface area (Å²) in [7, 11) is -4.92. The minimum Gasteiger partial charge on any atom is -0.445 e. The molecule has 0 unspecified atom stereocenters. The second-order valence-corrected chi connectivity index (χ2v) is 5.12. The third-order valence-corrected chi connectivity index (χ3v) is 3.05. The summed E-state index contributed by atoms with van der Waals surface area (Å²) in [5.41, 5.74) is -1.25. The zero-order valence-electron chi connectivity index (χ0n) is 9.25. The van der Waals surface area contributed by atoms with Crippen LogP contribution >= 0.6 is 0 Å². The van der Waals surface area contributed by atoms with E-state index in [2.05, 4.69) is 0 Å². The summed E-state index contributed by atoms with van der Waals surface area (Å²) in [6.07, 6.45) is 5.04. The van der Waals surface area contributed by atoms with Crippen LogP contribution < -0.4 is 5.46 Å². The average Bonchev–Trinajstić information content (AvgIpc) is 2.17. The summed E-state index contributed by atoms with van der Waals surface area (Å²) in [6, 6.07) is 1.37. The van der Waals surface area contributed by atoms with Gasteiger partial charge in [0.2, 0.25) is 0 Å². The van der Waals surface area contributed by atoms with Gasteiger partial charge in [-0.25, -0.2) is 0 Å². The van der Waals surface area contributed by atoms with E-state index >= 15 is 0 Å². The Balaban J connectivity index is 3.48. The molecule has 8 heteroatoms. The van der Waals surface area contributed by atoms with Gasteiger partial charge >= 0.3 is 17.2 Å². The topological polar surface area (TPSA) is 34.1 Å². The SMILES string of the molecule is C#Cc1cc([B-](F)(F)F)cc(CS(=O)(=O)F)c1C. The first-order chi connectivity index (χ1) is 8.04. The van der Waals surface area contributed by atoms with Crippen molar-refractivity contribution >= 4 is 22.7 Å². The molecule has 1 aromatic rings. The monoisotopic (exact) mass is 279 g/mol. The van der Waals surface area contributed by atoms with Crippen molar-refractivity contribution in [2.75, 3.05) is 0 Å². The van der Waals surface area contributed by atoms with Crippen molar-refractivity contribution in [3.63, 3.8) is 0 Å². The predicted molar refractivity (Wildman–Crippen MR) is 61.6 cm³/mol. The zero-order valence-corrected chi connectivity index (χ0v) is 10.1. The van der Waals surface area contributed by atoms with Crippen molar-refractivity contribution < 1.29 is 25.3 Å². The van der Waals surface area contributed by atoms with Crippen LogP contribution in [0.3, 0.4) is 0 Å². The molecule has 0 fully saturated rings. The first-order valence-corrected chi connectivity index (χ1v) is 6.32. The fourth-order valence-electron chi connectivity index (χ4n) is 1.47. The molecule has 0 atom stereocenters. The van der Waals surface area contributed by atoms with Crippen LogP contribution in [-0.4, -0.2) is 15.4 Å². The van der Waals surface area contributed by atoms with Crippen molar-refractivity contribution in [2.45, 2.75) is 12.7 Å². The summed E-state index contributed by atoms with van der Waals surface area (Å²) in [4.78, 5) is 0. The van der Waals surface area contributed by atoms with E-state index in [9.17, 15) is 25.3 Å². The highest BCUT2D eigenvalue weighted by atomic mass is 32.3. The summed E-state index contributed by atoms with van der Waals surface area (Å²) in [5, 5.41) is 0. The molecule has 0 heterocycles. The average molecular weight is 279 g/mol. The van der Waals surface area contributed by atoms with Crippen LogP contribution in [0.25, 0.3) is 0 Å². The highest BCUT2D eigenvalue weighted by molar-refractivity contribution is 7.85. The van der Waals surface area contributed by atoms with Crippen LogP contribution in [0.15, 0.2) is 12.1 Å². The minimum atomic E-state index is -5.33. The molecule has 1 aromatic carbocycles. The Morgan fingerprint density at radius 3 is 2.28 bits per heavy atom. The van der Waals surface area contributed by atoms with Crippen LogP contribution in [0.5, 0.6) is 0 Å². The third-order valence-electron chi connectivity index (χ3n) is 2.40. The summed E-state index contributed by atoms with van der Waals surface area (Å²) in [5.74, 6) is 0.909. The number of benzene rings is 1. The fourth-order valence-corrected chi connectivity index (χ4v) is 2.14. The van der Waals surface area contributed by atoms with E-state index in [1.54, 1.807) is 0 Å². The molecule has 2 nitrogen and oxygen atoms in total. The lowest BCUT2D eigenvalue weighted by atomic mass is 9.77. The van der Waals surface area contributed by atoms with Gasteiger partial charge < -0.3 is 12.9 Å². The molecule has 0 aliphatic rings. The number of hydrogen-bond acceptors (Lipinski definition) is 2. The Hall–Kier alpha value is -1.49. The molecule has 0 aliphatic heterocycles. The lowest BCUT2D eigenvalue weighted by Gasteiger charge is -2.18. The lowest BCUT2D eigenvalue weighted by Crippen LogP contribution is -2.35. The highest BCUT2D eigenvalue weighted by Gasteiger charge is 2.27. The molecular weight excluding hydrogens is 271 g/mol. The maximum atomic E-state index is 12.6. The van der Waals surface area contributed by atoms with Gasteiger partial charge in [-0.2, -0.15) is 8.42 Å². The Morgan fingerprint density at radius 1 is 1.33 bits per heavy atom. The molecule has 0 radical (unpaired) electrons. The van der Waals surface area contributed by atoms with Gasteiger partial charge in [0.1, 0.15) is 5.75 Å². The largest absolute Gasteiger partial charge is 0.509 e. The Kier molecular flexibility index (Phi) is 3.76. The van der Waals surface area contributed by atoms with Gasteiger partial charge in [-0.1, -0.05) is 18.1 Å². The number of terminal acetylenes is 1. The lowest BCUT2D eigenvalue weighted by molar-refractivity contribution is 0.500. The van der Waals surface area contributed by atoms with Crippen LogP contribution in [0.2, 0.25) is 0 Å². The fraction of sp³-hybridized carbons (Fsp3) is 0.200. The zero-order chi connectivity index (χ0) is 14.1. The quantitative estimate of drug-likeness (QED) is 0.366. The van der Waals surface area contributed by atoms with E-state index in [4.69, 9.17) is 6.42 Å². The third kappa shape index (κ3) is 3.50. The van der Waals surface area contributed by atoms with Gasteiger partial charge in [0, 0.05) is 5.56 Å². The summed E-state index contributed by atoms with van der Waals surface area (Å²) < 4.78 is 71.4. The first-order valence-electron chi connectivity index (χ1n) is 4.77. The van der Waals surface area contributed by atoms with Gasteiger partial charge in [0.25, 0.3) is 0 Å². The Bertz CT molecular complexity index is 614. The van der Waals surface area contributed by atoms with Crippen molar-refractivity contribution in [2.24, 2.45) is 0 Å². The van der Waals surface area contributed by atoms with E-state index in [0.717, 1.165) is 6.07 Å². The van der Waals surface area contributed by atoms with Gasteiger partial charge in [-0.05, 0) is 18.1 Å². The second kappa shape index (κ2) is 4.65. The molecule has 18 heavy (non-hydrogen) atoms. The maximum absolute atomic E-state index is 12.6. The second-order valence-electron chi connectivity index (χ2n) is 3.75. The molecular formula is C10H8BF4O2S-. The first kappa shape index (κ1) is 14.6. The van der Waals surface area contributed by atoms with Crippen molar-refractivity contribution in [3.8, 4) is 12.3 Å². The van der Waals surface area contributed by atoms with Crippen LogP contribution in [0, 0.1) is 19.3 Å². The minimum absolute atomic E-state index is 0.0923. The van der Waals surface area contributed by atoms with Crippen LogP contribution in [0.4, 0.5) is 16.8 Å². The van der Waals surface area contributed by atoms with Gasteiger partial charge in [-0.3, -0.25) is 0 Å². The Labute approximate surface area is 102 Å². The maximum Gasteiger partial charge on any atom is 0.509 e. The predicted octanol–water partition coefficient (Wildman–Crippen LogP) is 1.83. The van der Waals surface area contributed by atoms with E-state index in [1.807, 2.05) is 5.92 Å². The Morgan fingerprint density at radius 2 is 1.89 bits per heavy atom.